The predicted octanol–water partition coefficient (Wildman–Crippen LogP) is 0.813. The van der Waals surface area contributed by atoms with Crippen LogP contribution in [0.15, 0.2) is 0 Å². The molecule has 2 saturated heterocycles. The second-order valence-corrected chi connectivity index (χ2v) is 5.02. The summed E-state index contributed by atoms with van der Waals surface area (Å²) < 4.78 is 11.1. The molecule has 1 amide bonds. The van der Waals surface area contributed by atoms with Gasteiger partial charge in [-0.05, 0) is 26.7 Å². The van der Waals surface area contributed by atoms with Crippen molar-refractivity contribution in [2.45, 2.75) is 44.9 Å². The first kappa shape index (κ1) is 16.7. The van der Waals surface area contributed by atoms with Gasteiger partial charge in [0.25, 0.3) is 0 Å². The lowest BCUT2D eigenvalue weighted by Gasteiger charge is -2.34. The second kappa shape index (κ2) is 8.04. The Morgan fingerprint density at radius 2 is 2.16 bits per heavy atom. The van der Waals surface area contributed by atoms with Crippen molar-refractivity contribution < 1.29 is 14.3 Å². The summed E-state index contributed by atoms with van der Waals surface area (Å²) in [6.45, 7) is 7.66. The van der Waals surface area contributed by atoms with E-state index in [-0.39, 0.29) is 36.6 Å². The van der Waals surface area contributed by atoms with Gasteiger partial charge in [-0.15, -0.1) is 12.4 Å². The minimum atomic E-state index is -0.208. The highest BCUT2D eigenvalue weighted by Gasteiger charge is 2.32. The zero-order valence-corrected chi connectivity index (χ0v) is 12.6. The molecule has 3 atom stereocenters. The molecule has 0 aromatic heterocycles. The number of amides is 1. The fourth-order valence-electron chi connectivity index (χ4n) is 2.62. The van der Waals surface area contributed by atoms with Gasteiger partial charge in [-0.1, -0.05) is 0 Å². The molecule has 5 nitrogen and oxygen atoms in total. The van der Waals surface area contributed by atoms with Gasteiger partial charge < -0.3 is 19.7 Å². The molecule has 0 radical (unpaired) electrons. The molecule has 2 aliphatic rings. The van der Waals surface area contributed by atoms with Crippen LogP contribution in [-0.4, -0.2) is 61.9 Å². The van der Waals surface area contributed by atoms with E-state index in [2.05, 4.69) is 5.32 Å². The number of nitrogens with one attached hydrogen (secondary N) is 1. The summed E-state index contributed by atoms with van der Waals surface area (Å²) in [6, 6.07) is -0.208. The summed E-state index contributed by atoms with van der Waals surface area (Å²) in [4.78, 5) is 14.3. The molecule has 2 fully saturated rings. The average Bonchev–Trinajstić information content (AvgIpc) is 2.88. The maximum atomic E-state index is 12.5. The highest BCUT2D eigenvalue weighted by atomic mass is 35.5. The number of rotatable bonds is 4. The van der Waals surface area contributed by atoms with Crippen LogP contribution in [0.1, 0.15) is 26.7 Å². The van der Waals surface area contributed by atoms with Gasteiger partial charge >= 0.3 is 0 Å². The van der Waals surface area contributed by atoms with E-state index in [1.807, 2.05) is 18.7 Å². The van der Waals surface area contributed by atoms with E-state index in [1.165, 1.54) is 0 Å². The van der Waals surface area contributed by atoms with Gasteiger partial charge in [-0.2, -0.15) is 0 Å². The topological polar surface area (TPSA) is 50.8 Å². The summed E-state index contributed by atoms with van der Waals surface area (Å²) >= 11 is 0. The molecule has 19 heavy (non-hydrogen) atoms. The first-order chi connectivity index (χ1) is 8.72. The molecule has 2 aliphatic heterocycles. The molecular formula is C13H25ClN2O3. The van der Waals surface area contributed by atoms with E-state index in [1.54, 1.807) is 0 Å². The van der Waals surface area contributed by atoms with Crippen LogP contribution in [0.4, 0.5) is 0 Å². The smallest absolute Gasteiger partial charge is 0.242 e. The third-order valence-corrected chi connectivity index (χ3v) is 3.72. The summed E-state index contributed by atoms with van der Waals surface area (Å²) in [5, 5.41) is 3.25. The Bertz CT molecular complexity index is 285. The molecule has 2 rings (SSSR count). The summed E-state index contributed by atoms with van der Waals surface area (Å²) in [5.41, 5.74) is 0. The van der Waals surface area contributed by atoms with E-state index in [0.717, 1.165) is 32.5 Å². The number of hydrogen-bond acceptors (Lipinski definition) is 4. The van der Waals surface area contributed by atoms with Crippen molar-refractivity contribution in [3.63, 3.8) is 0 Å². The van der Waals surface area contributed by atoms with Gasteiger partial charge in [0.2, 0.25) is 5.91 Å². The van der Waals surface area contributed by atoms with Crippen molar-refractivity contribution >= 4 is 18.3 Å². The molecule has 1 N–H and O–H groups in total. The third-order valence-electron chi connectivity index (χ3n) is 3.72. The molecule has 0 spiro atoms. The van der Waals surface area contributed by atoms with Gasteiger partial charge in [0.1, 0.15) is 6.04 Å². The molecule has 0 bridgehead atoms. The molecule has 0 aliphatic carbocycles. The summed E-state index contributed by atoms with van der Waals surface area (Å²) in [5.74, 6) is 0.139. The van der Waals surface area contributed by atoms with Gasteiger partial charge in [-0.3, -0.25) is 4.79 Å². The van der Waals surface area contributed by atoms with Crippen molar-refractivity contribution in [2.24, 2.45) is 0 Å². The number of carbonyl (C=O) groups excluding carboxylic acids is 1. The standard InChI is InChI=1S/C13H24N2O3.ClH/c1-3-15(9-11-5-4-7-18-11)13(16)12-10(2)17-8-6-14-12;/h10-12,14H,3-9H2,1-2H3;1H/t10-,11?,12+;/m1./s1. The first-order valence-electron chi connectivity index (χ1n) is 6.97. The van der Waals surface area contributed by atoms with Crippen molar-refractivity contribution in [3.8, 4) is 0 Å². The van der Waals surface area contributed by atoms with E-state index >= 15 is 0 Å². The number of nitrogens with zero attached hydrogens (tertiary/aromatic N) is 1. The normalized spacial score (nSPS) is 30.7. The minimum absolute atomic E-state index is 0. The summed E-state index contributed by atoms with van der Waals surface area (Å²) in [7, 11) is 0. The van der Waals surface area contributed by atoms with Crippen LogP contribution in [0.3, 0.4) is 0 Å². The van der Waals surface area contributed by atoms with E-state index in [4.69, 9.17) is 9.47 Å². The zero-order valence-electron chi connectivity index (χ0n) is 11.8. The SMILES string of the molecule is CCN(CC1CCCO1)C(=O)[C@H]1NCCO[C@@H]1C.Cl. The maximum Gasteiger partial charge on any atom is 0.242 e. The highest BCUT2D eigenvalue weighted by Crippen LogP contribution is 2.15. The van der Waals surface area contributed by atoms with Crippen LogP contribution in [0, 0.1) is 0 Å². The Labute approximate surface area is 121 Å². The quantitative estimate of drug-likeness (QED) is 0.833. The number of morpholine rings is 1. The highest BCUT2D eigenvalue weighted by molar-refractivity contribution is 5.85. The summed E-state index contributed by atoms with van der Waals surface area (Å²) in [6.07, 6.45) is 2.34. The maximum absolute atomic E-state index is 12.5. The van der Waals surface area contributed by atoms with Gasteiger partial charge in [0.15, 0.2) is 0 Å². The Morgan fingerprint density at radius 1 is 1.37 bits per heavy atom. The number of hydrogen-bond donors (Lipinski definition) is 1. The number of likely N-dealkylation sites (N-methyl/N-ethyl adjacent to an activating group) is 1. The number of carbonyl (C=O) groups is 1. The largest absolute Gasteiger partial charge is 0.376 e. The number of halogens is 1. The number of ether oxygens (including phenoxy) is 2. The van der Waals surface area contributed by atoms with Crippen molar-refractivity contribution in [1.29, 1.82) is 0 Å². The van der Waals surface area contributed by atoms with Crippen LogP contribution in [0.2, 0.25) is 0 Å². The molecule has 6 heteroatoms. The third kappa shape index (κ3) is 4.31. The van der Waals surface area contributed by atoms with Crippen LogP contribution < -0.4 is 5.32 Å². The van der Waals surface area contributed by atoms with Crippen LogP contribution >= 0.6 is 12.4 Å². The fraction of sp³-hybridized carbons (Fsp3) is 0.923. The lowest BCUT2D eigenvalue weighted by Crippen LogP contribution is -2.57. The van der Waals surface area contributed by atoms with Crippen LogP contribution in [0.25, 0.3) is 0 Å². The van der Waals surface area contributed by atoms with Gasteiger partial charge in [0, 0.05) is 26.2 Å². The van der Waals surface area contributed by atoms with Crippen molar-refractivity contribution in [2.75, 3.05) is 32.8 Å². The zero-order chi connectivity index (χ0) is 13.0. The average molecular weight is 293 g/mol. The minimum Gasteiger partial charge on any atom is -0.376 e. The van der Waals surface area contributed by atoms with Gasteiger partial charge in [-0.25, -0.2) is 0 Å². The molecule has 0 aromatic rings. The second-order valence-electron chi connectivity index (χ2n) is 5.02. The first-order valence-corrected chi connectivity index (χ1v) is 6.97. The monoisotopic (exact) mass is 292 g/mol. The molecule has 1 unspecified atom stereocenters. The molecule has 112 valence electrons. The Kier molecular flexibility index (Phi) is 7.07. The van der Waals surface area contributed by atoms with Crippen molar-refractivity contribution in [3.05, 3.63) is 0 Å². The predicted molar refractivity (Wildman–Crippen MR) is 75.7 cm³/mol. The molecular weight excluding hydrogens is 268 g/mol. The Hall–Kier alpha value is -0.360. The van der Waals surface area contributed by atoms with E-state index in [9.17, 15) is 4.79 Å². The molecule has 0 aromatic carbocycles. The Morgan fingerprint density at radius 3 is 2.74 bits per heavy atom. The molecule has 2 heterocycles. The van der Waals surface area contributed by atoms with Crippen molar-refractivity contribution in [1.82, 2.24) is 10.2 Å². The Balaban J connectivity index is 0.00000180. The van der Waals surface area contributed by atoms with Crippen LogP contribution in [-0.2, 0) is 14.3 Å². The van der Waals surface area contributed by atoms with Gasteiger partial charge in [0.05, 0.1) is 18.8 Å². The fourth-order valence-corrected chi connectivity index (χ4v) is 2.62. The van der Waals surface area contributed by atoms with Crippen LogP contribution in [0.5, 0.6) is 0 Å². The van der Waals surface area contributed by atoms with E-state index < -0.39 is 0 Å². The van der Waals surface area contributed by atoms with E-state index in [0.29, 0.717) is 13.2 Å². The lowest BCUT2D eigenvalue weighted by molar-refractivity contribution is -0.140. The lowest BCUT2D eigenvalue weighted by atomic mass is 10.1. The molecule has 0 saturated carbocycles.